The Morgan fingerprint density at radius 3 is 2.44 bits per heavy atom. The van der Waals surface area contributed by atoms with Crippen LogP contribution in [0.15, 0.2) is 78.1 Å². The number of benzene rings is 2. The Kier molecular flexibility index (Phi) is 7.30. The molecule has 3 amide bonds. The van der Waals surface area contributed by atoms with Crippen molar-refractivity contribution in [3.05, 3.63) is 106 Å². The average molecular weight is 508 g/mol. The predicted octanol–water partition coefficient (Wildman–Crippen LogP) is 3.27. The van der Waals surface area contributed by atoms with Crippen molar-refractivity contribution in [2.45, 2.75) is 12.5 Å². The third-order valence-corrected chi connectivity index (χ3v) is 6.04. The summed E-state index contributed by atoms with van der Waals surface area (Å²) in [6.07, 6.45) is 4.52. The van der Waals surface area contributed by atoms with Gasteiger partial charge in [0.15, 0.2) is 0 Å². The van der Waals surface area contributed by atoms with Crippen molar-refractivity contribution >= 4 is 35.2 Å². The molecule has 0 unspecified atom stereocenters. The van der Waals surface area contributed by atoms with Crippen LogP contribution < -0.4 is 11.1 Å². The molecule has 4 rings (SSSR count). The Balaban J connectivity index is 1.60. The predicted molar refractivity (Wildman–Crippen MR) is 135 cm³/mol. The summed E-state index contributed by atoms with van der Waals surface area (Å²) < 4.78 is 15.3. The Morgan fingerprint density at radius 2 is 1.83 bits per heavy atom. The number of allylic oxidation sites excluding steroid dienone is 1. The fourth-order valence-corrected chi connectivity index (χ4v) is 4.34. The van der Waals surface area contributed by atoms with Gasteiger partial charge in [-0.1, -0.05) is 35.9 Å². The SMILES string of the molecule is CN=C(C=CN)n1cc(C(=O)N[C@@H](Cc2cccc(F)c2)CN2C(=O)c3ccccc3C2=O)cc1Cl. The van der Waals surface area contributed by atoms with Crippen LogP contribution in [0.4, 0.5) is 4.39 Å². The van der Waals surface area contributed by atoms with Crippen molar-refractivity contribution in [3.63, 3.8) is 0 Å². The normalized spacial score (nSPS) is 14.4. The Hall–Kier alpha value is -4.24. The minimum Gasteiger partial charge on any atom is -0.404 e. The summed E-state index contributed by atoms with van der Waals surface area (Å²) in [5, 5.41) is 3.10. The highest BCUT2D eigenvalue weighted by molar-refractivity contribution is 6.31. The Bertz CT molecular complexity index is 1360. The standard InChI is InChI=1S/C26H23ClFN5O3/c1-30-23(9-10-29)32-14-17(13-22(32)27)24(34)31-19(12-16-5-4-6-18(28)11-16)15-33-25(35)20-7-2-3-8-21(20)26(33)36/h2-11,13-14,19H,12,15,29H2,1H3,(H,31,34)/t19-/m0/s1. The third kappa shape index (κ3) is 5.06. The van der Waals surface area contributed by atoms with Crippen LogP contribution in [0.25, 0.3) is 0 Å². The van der Waals surface area contributed by atoms with Gasteiger partial charge in [-0.3, -0.25) is 28.8 Å². The van der Waals surface area contributed by atoms with Crippen LogP contribution >= 0.6 is 11.6 Å². The van der Waals surface area contributed by atoms with Crippen molar-refractivity contribution in [3.8, 4) is 0 Å². The van der Waals surface area contributed by atoms with Gasteiger partial charge >= 0.3 is 0 Å². The molecular weight excluding hydrogens is 485 g/mol. The molecule has 184 valence electrons. The van der Waals surface area contributed by atoms with Crippen molar-refractivity contribution in [2.75, 3.05) is 13.6 Å². The van der Waals surface area contributed by atoms with Gasteiger partial charge in [-0.25, -0.2) is 4.39 Å². The van der Waals surface area contributed by atoms with Gasteiger partial charge in [0.05, 0.1) is 22.7 Å². The molecule has 3 N–H and O–H groups in total. The van der Waals surface area contributed by atoms with E-state index in [4.69, 9.17) is 17.3 Å². The zero-order chi connectivity index (χ0) is 25.8. The van der Waals surface area contributed by atoms with Crippen LogP contribution in [0.1, 0.15) is 36.6 Å². The molecule has 2 heterocycles. The van der Waals surface area contributed by atoms with E-state index in [1.165, 1.54) is 41.2 Å². The Labute approximate surface area is 211 Å². The van der Waals surface area contributed by atoms with Gasteiger partial charge < -0.3 is 11.1 Å². The number of hydrogen-bond donors (Lipinski definition) is 2. The summed E-state index contributed by atoms with van der Waals surface area (Å²) in [7, 11) is 1.56. The molecule has 0 saturated heterocycles. The number of carbonyl (C=O) groups is 3. The first kappa shape index (κ1) is 24.9. The summed E-state index contributed by atoms with van der Waals surface area (Å²) in [5.41, 5.74) is 6.90. The van der Waals surface area contributed by atoms with E-state index in [0.29, 0.717) is 22.5 Å². The highest BCUT2D eigenvalue weighted by Gasteiger charge is 2.36. The molecule has 0 fully saturated rings. The number of nitrogens with one attached hydrogen (secondary N) is 1. The maximum atomic E-state index is 13.8. The summed E-state index contributed by atoms with van der Waals surface area (Å²) >= 11 is 6.30. The Morgan fingerprint density at radius 1 is 1.14 bits per heavy atom. The van der Waals surface area contributed by atoms with Crippen molar-refractivity contribution in [1.82, 2.24) is 14.8 Å². The van der Waals surface area contributed by atoms with E-state index in [1.807, 2.05) is 0 Å². The van der Waals surface area contributed by atoms with E-state index in [2.05, 4.69) is 10.3 Å². The molecule has 0 radical (unpaired) electrons. The van der Waals surface area contributed by atoms with E-state index in [9.17, 15) is 18.8 Å². The number of carbonyl (C=O) groups excluding carboxylic acids is 3. The van der Waals surface area contributed by atoms with E-state index in [0.717, 1.165) is 4.90 Å². The smallest absolute Gasteiger partial charge is 0.261 e. The number of amides is 3. The lowest BCUT2D eigenvalue weighted by Crippen LogP contribution is -2.46. The topological polar surface area (TPSA) is 110 Å². The lowest BCUT2D eigenvalue weighted by Gasteiger charge is -2.24. The van der Waals surface area contributed by atoms with Crippen molar-refractivity contribution in [2.24, 2.45) is 10.7 Å². The maximum Gasteiger partial charge on any atom is 0.261 e. The molecule has 1 aromatic heterocycles. The van der Waals surface area contributed by atoms with Crippen LogP contribution in [0.2, 0.25) is 5.15 Å². The zero-order valence-electron chi connectivity index (χ0n) is 19.3. The van der Waals surface area contributed by atoms with Crippen LogP contribution in [0.3, 0.4) is 0 Å². The summed E-state index contributed by atoms with van der Waals surface area (Å²) in [6.45, 7) is -0.0966. The van der Waals surface area contributed by atoms with Gasteiger partial charge in [-0.05, 0) is 54.6 Å². The molecule has 1 aliphatic rings. The van der Waals surface area contributed by atoms with Crippen molar-refractivity contribution in [1.29, 1.82) is 0 Å². The van der Waals surface area contributed by atoms with E-state index >= 15 is 0 Å². The van der Waals surface area contributed by atoms with Crippen LogP contribution in [0, 0.1) is 5.82 Å². The largest absolute Gasteiger partial charge is 0.404 e. The molecule has 0 saturated carbocycles. The number of hydrogen-bond acceptors (Lipinski definition) is 5. The number of halogens is 2. The minimum atomic E-state index is -0.702. The summed E-state index contributed by atoms with van der Waals surface area (Å²) in [5.74, 6) is -1.38. The summed E-state index contributed by atoms with van der Waals surface area (Å²) in [6, 6.07) is 13.2. The lowest BCUT2D eigenvalue weighted by molar-refractivity contribution is 0.0628. The highest BCUT2D eigenvalue weighted by atomic mass is 35.5. The minimum absolute atomic E-state index is 0.0966. The van der Waals surface area contributed by atoms with Gasteiger partial charge in [0.25, 0.3) is 17.7 Å². The highest BCUT2D eigenvalue weighted by Crippen LogP contribution is 2.23. The third-order valence-electron chi connectivity index (χ3n) is 5.74. The van der Waals surface area contributed by atoms with Crippen LogP contribution in [-0.4, -0.2) is 52.7 Å². The molecule has 0 bridgehead atoms. The first-order chi connectivity index (χ1) is 17.3. The van der Waals surface area contributed by atoms with Gasteiger partial charge in [0, 0.05) is 19.8 Å². The maximum absolute atomic E-state index is 13.8. The van der Waals surface area contributed by atoms with Crippen LogP contribution in [-0.2, 0) is 6.42 Å². The molecular formula is C26H23ClFN5O3. The average Bonchev–Trinajstić information content (AvgIpc) is 3.36. The van der Waals surface area contributed by atoms with E-state index in [1.54, 1.807) is 43.4 Å². The molecule has 1 atom stereocenters. The number of aliphatic imine (C=N–C) groups is 1. The van der Waals surface area contributed by atoms with Crippen LogP contribution in [0.5, 0.6) is 0 Å². The second-order valence-corrected chi connectivity index (χ2v) is 8.52. The second-order valence-electron chi connectivity index (χ2n) is 8.13. The molecule has 10 heteroatoms. The van der Waals surface area contributed by atoms with Gasteiger partial charge in [0.1, 0.15) is 16.8 Å². The molecule has 36 heavy (non-hydrogen) atoms. The zero-order valence-corrected chi connectivity index (χ0v) is 20.1. The number of rotatable bonds is 7. The lowest BCUT2D eigenvalue weighted by atomic mass is 10.0. The first-order valence-electron chi connectivity index (χ1n) is 11.1. The van der Waals surface area contributed by atoms with Gasteiger partial charge in [0.2, 0.25) is 0 Å². The monoisotopic (exact) mass is 507 g/mol. The fourth-order valence-electron chi connectivity index (χ4n) is 4.09. The van der Waals surface area contributed by atoms with Crippen molar-refractivity contribution < 1.29 is 18.8 Å². The number of imide groups is 1. The van der Waals surface area contributed by atoms with Gasteiger partial charge in [-0.2, -0.15) is 0 Å². The molecule has 8 nitrogen and oxygen atoms in total. The fraction of sp³-hybridized carbons (Fsp3) is 0.154. The number of fused-ring (bicyclic) bond motifs is 1. The van der Waals surface area contributed by atoms with Gasteiger partial charge in [-0.15, -0.1) is 0 Å². The van der Waals surface area contributed by atoms with E-state index in [-0.39, 0.29) is 23.7 Å². The molecule has 3 aromatic rings. The quantitative estimate of drug-likeness (QED) is 0.290. The van der Waals surface area contributed by atoms with E-state index < -0.39 is 29.6 Å². The molecule has 0 spiro atoms. The number of aromatic nitrogens is 1. The second kappa shape index (κ2) is 10.6. The number of nitrogens with zero attached hydrogens (tertiary/aromatic N) is 3. The molecule has 1 aliphatic heterocycles. The molecule has 0 aliphatic carbocycles. The molecule has 2 aromatic carbocycles. The number of nitrogens with two attached hydrogens (primary N) is 1. The summed E-state index contributed by atoms with van der Waals surface area (Å²) in [4.78, 5) is 44.2. The first-order valence-corrected chi connectivity index (χ1v) is 11.4.